The van der Waals surface area contributed by atoms with E-state index in [1.807, 2.05) is 19.9 Å². The Morgan fingerprint density at radius 3 is 2.62 bits per heavy atom. The van der Waals surface area contributed by atoms with Crippen LogP contribution in [0.25, 0.3) is 5.69 Å². The number of carbonyl (C=O) groups excluding carboxylic acids is 1. The molecule has 24 heavy (non-hydrogen) atoms. The van der Waals surface area contributed by atoms with E-state index < -0.39 is 17.8 Å². The van der Waals surface area contributed by atoms with Crippen molar-refractivity contribution in [2.75, 3.05) is 11.9 Å². The van der Waals surface area contributed by atoms with Gasteiger partial charge in [-0.25, -0.2) is 13.9 Å². The van der Waals surface area contributed by atoms with Crippen LogP contribution in [0, 0.1) is 19.7 Å². The van der Waals surface area contributed by atoms with Crippen LogP contribution in [-0.2, 0) is 4.79 Å². The van der Waals surface area contributed by atoms with Gasteiger partial charge in [0.2, 0.25) is 0 Å². The van der Waals surface area contributed by atoms with Gasteiger partial charge >= 0.3 is 12.0 Å². The van der Waals surface area contributed by atoms with Gasteiger partial charge in [-0.3, -0.25) is 4.79 Å². The van der Waals surface area contributed by atoms with Crippen LogP contribution >= 0.6 is 0 Å². The summed E-state index contributed by atoms with van der Waals surface area (Å²) in [5, 5.41) is 17.7. The molecular weight excluding hydrogens is 315 g/mol. The Morgan fingerprint density at radius 1 is 1.29 bits per heavy atom. The van der Waals surface area contributed by atoms with Crippen molar-refractivity contribution >= 4 is 17.7 Å². The topological polar surface area (TPSA) is 96.2 Å². The SMILES string of the molecule is Cc1cc(C)n(-c2ccc(NC(=O)NCCCC(=O)O)cc2F)n1. The van der Waals surface area contributed by atoms with Crippen LogP contribution in [0.4, 0.5) is 14.9 Å². The van der Waals surface area contributed by atoms with E-state index in [-0.39, 0.29) is 13.0 Å². The van der Waals surface area contributed by atoms with Gasteiger partial charge in [0, 0.05) is 24.3 Å². The van der Waals surface area contributed by atoms with Crippen molar-refractivity contribution in [3.8, 4) is 5.69 Å². The summed E-state index contributed by atoms with van der Waals surface area (Å²) < 4.78 is 15.8. The number of nitrogens with zero attached hydrogens (tertiary/aromatic N) is 2. The molecule has 0 aliphatic heterocycles. The van der Waals surface area contributed by atoms with Crippen molar-refractivity contribution in [2.24, 2.45) is 0 Å². The zero-order chi connectivity index (χ0) is 17.7. The summed E-state index contributed by atoms with van der Waals surface area (Å²) >= 11 is 0. The first-order valence-corrected chi connectivity index (χ1v) is 7.46. The fraction of sp³-hybridized carbons (Fsp3) is 0.312. The number of hydrogen-bond donors (Lipinski definition) is 3. The molecule has 2 rings (SSSR count). The summed E-state index contributed by atoms with van der Waals surface area (Å²) in [6.45, 7) is 3.88. The quantitative estimate of drug-likeness (QED) is 0.708. The molecule has 3 N–H and O–H groups in total. The number of anilines is 1. The molecule has 0 atom stereocenters. The van der Waals surface area contributed by atoms with Gasteiger partial charge in [-0.1, -0.05) is 0 Å². The third-order valence-electron chi connectivity index (χ3n) is 3.30. The first-order chi connectivity index (χ1) is 11.4. The molecule has 0 unspecified atom stereocenters. The van der Waals surface area contributed by atoms with E-state index >= 15 is 0 Å². The molecule has 1 aromatic heterocycles. The number of amides is 2. The molecule has 0 aliphatic rings. The highest BCUT2D eigenvalue weighted by molar-refractivity contribution is 5.89. The molecule has 0 radical (unpaired) electrons. The van der Waals surface area contributed by atoms with Crippen LogP contribution < -0.4 is 10.6 Å². The van der Waals surface area contributed by atoms with Crippen molar-refractivity contribution in [2.45, 2.75) is 26.7 Å². The van der Waals surface area contributed by atoms with Crippen molar-refractivity contribution in [1.29, 1.82) is 0 Å². The number of hydrogen-bond acceptors (Lipinski definition) is 3. The maximum absolute atomic E-state index is 14.3. The minimum absolute atomic E-state index is 0.0216. The normalized spacial score (nSPS) is 10.5. The Balaban J connectivity index is 1.98. The monoisotopic (exact) mass is 334 g/mol. The zero-order valence-electron chi connectivity index (χ0n) is 13.5. The number of carbonyl (C=O) groups is 2. The van der Waals surface area contributed by atoms with E-state index in [4.69, 9.17) is 5.11 Å². The van der Waals surface area contributed by atoms with Gasteiger partial charge in [0.25, 0.3) is 0 Å². The molecule has 0 saturated heterocycles. The van der Waals surface area contributed by atoms with Crippen LogP contribution in [0.3, 0.4) is 0 Å². The molecule has 2 amide bonds. The van der Waals surface area contributed by atoms with E-state index in [2.05, 4.69) is 15.7 Å². The predicted octanol–water partition coefficient (Wildman–Crippen LogP) is 2.61. The number of rotatable bonds is 6. The number of benzene rings is 1. The summed E-state index contributed by atoms with van der Waals surface area (Å²) in [4.78, 5) is 22.0. The molecule has 1 aromatic carbocycles. The van der Waals surface area contributed by atoms with Gasteiger partial charge < -0.3 is 15.7 Å². The second kappa shape index (κ2) is 7.58. The number of halogens is 1. The lowest BCUT2D eigenvalue weighted by atomic mass is 10.2. The van der Waals surface area contributed by atoms with Gasteiger partial charge in [0.05, 0.1) is 5.69 Å². The zero-order valence-corrected chi connectivity index (χ0v) is 13.5. The minimum atomic E-state index is -0.918. The largest absolute Gasteiger partial charge is 0.481 e. The lowest BCUT2D eigenvalue weighted by Crippen LogP contribution is -2.29. The number of aromatic nitrogens is 2. The third-order valence-corrected chi connectivity index (χ3v) is 3.30. The smallest absolute Gasteiger partial charge is 0.319 e. The summed E-state index contributed by atoms with van der Waals surface area (Å²) in [5.74, 6) is -1.43. The van der Waals surface area contributed by atoms with E-state index in [9.17, 15) is 14.0 Å². The Bertz CT molecular complexity index is 758. The number of carboxylic acid groups (broad SMARTS) is 1. The summed E-state index contributed by atoms with van der Waals surface area (Å²) in [5.41, 5.74) is 2.19. The second-order valence-corrected chi connectivity index (χ2v) is 5.38. The number of aryl methyl sites for hydroxylation is 2. The van der Waals surface area contributed by atoms with Crippen LogP contribution in [0.2, 0.25) is 0 Å². The van der Waals surface area contributed by atoms with E-state index in [1.54, 1.807) is 6.07 Å². The van der Waals surface area contributed by atoms with Crippen molar-refractivity contribution in [3.63, 3.8) is 0 Å². The maximum Gasteiger partial charge on any atom is 0.319 e. The highest BCUT2D eigenvalue weighted by Gasteiger charge is 2.11. The summed E-state index contributed by atoms with van der Waals surface area (Å²) in [6.07, 6.45) is 0.306. The third kappa shape index (κ3) is 4.55. The number of nitrogens with one attached hydrogen (secondary N) is 2. The molecule has 128 valence electrons. The van der Waals surface area contributed by atoms with Gasteiger partial charge in [-0.05, 0) is 44.5 Å². The van der Waals surface area contributed by atoms with Crippen molar-refractivity contribution < 1.29 is 19.1 Å². The van der Waals surface area contributed by atoms with Gasteiger partial charge in [0.1, 0.15) is 5.69 Å². The molecule has 0 aliphatic carbocycles. The minimum Gasteiger partial charge on any atom is -0.481 e. The Kier molecular flexibility index (Phi) is 5.51. The number of carboxylic acids is 1. The van der Waals surface area contributed by atoms with Gasteiger partial charge in [0.15, 0.2) is 5.82 Å². The molecule has 8 heteroatoms. The number of aliphatic carboxylic acids is 1. The second-order valence-electron chi connectivity index (χ2n) is 5.38. The molecular formula is C16H19FN4O3. The fourth-order valence-electron chi connectivity index (χ4n) is 2.25. The molecule has 7 nitrogen and oxygen atoms in total. The molecule has 1 heterocycles. The Hall–Kier alpha value is -2.90. The van der Waals surface area contributed by atoms with Gasteiger partial charge in [-0.2, -0.15) is 5.10 Å². The highest BCUT2D eigenvalue weighted by Crippen LogP contribution is 2.19. The summed E-state index contributed by atoms with van der Waals surface area (Å²) in [7, 11) is 0. The van der Waals surface area contributed by atoms with E-state index in [1.165, 1.54) is 16.8 Å². The molecule has 0 spiro atoms. The average Bonchev–Trinajstić information content (AvgIpc) is 2.82. The Labute approximate surface area is 138 Å². The maximum atomic E-state index is 14.3. The van der Waals surface area contributed by atoms with Crippen molar-refractivity contribution in [1.82, 2.24) is 15.1 Å². The van der Waals surface area contributed by atoms with E-state index in [0.717, 1.165) is 11.4 Å². The highest BCUT2D eigenvalue weighted by atomic mass is 19.1. The average molecular weight is 334 g/mol. The number of urea groups is 1. The van der Waals surface area contributed by atoms with Crippen LogP contribution in [0.1, 0.15) is 24.2 Å². The first kappa shape index (κ1) is 17.5. The summed E-state index contributed by atoms with van der Waals surface area (Å²) in [6, 6.07) is 5.65. The van der Waals surface area contributed by atoms with Crippen LogP contribution in [0.5, 0.6) is 0 Å². The molecule has 2 aromatic rings. The fourth-order valence-corrected chi connectivity index (χ4v) is 2.25. The lowest BCUT2D eigenvalue weighted by Gasteiger charge is -2.10. The Morgan fingerprint density at radius 2 is 2.04 bits per heavy atom. The molecule has 0 fully saturated rings. The molecule has 0 bridgehead atoms. The predicted molar refractivity (Wildman–Crippen MR) is 86.9 cm³/mol. The van der Waals surface area contributed by atoms with E-state index in [0.29, 0.717) is 17.8 Å². The van der Waals surface area contributed by atoms with Gasteiger partial charge in [-0.15, -0.1) is 0 Å². The van der Waals surface area contributed by atoms with Crippen LogP contribution in [0.15, 0.2) is 24.3 Å². The lowest BCUT2D eigenvalue weighted by molar-refractivity contribution is -0.137. The first-order valence-electron chi connectivity index (χ1n) is 7.46. The standard InChI is InChI=1S/C16H19FN4O3/c1-10-8-11(2)21(20-10)14-6-5-12(9-13(14)17)19-16(24)18-7-3-4-15(22)23/h5-6,8-9H,3-4,7H2,1-2H3,(H,22,23)(H2,18,19,24). The molecule has 0 saturated carbocycles. The van der Waals surface area contributed by atoms with Crippen molar-refractivity contribution in [3.05, 3.63) is 41.5 Å². The van der Waals surface area contributed by atoms with Crippen LogP contribution in [-0.4, -0.2) is 33.4 Å².